The Balaban J connectivity index is 1.51. The number of pyridine rings is 1. The minimum atomic E-state index is -1.16. The van der Waals surface area contributed by atoms with E-state index in [9.17, 15) is 32.3 Å². The zero-order valence-corrected chi connectivity index (χ0v) is 27.7. The van der Waals surface area contributed by atoms with Gasteiger partial charge in [-0.25, -0.2) is 22.9 Å². The number of rotatable bonds is 15. The summed E-state index contributed by atoms with van der Waals surface area (Å²) in [5.41, 5.74) is 0.227. The Bertz CT molecular complexity index is 1900. The Labute approximate surface area is 280 Å². The van der Waals surface area contributed by atoms with Gasteiger partial charge >= 0.3 is 6.09 Å². The fourth-order valence-corrected chi connectivity index (χ4v) is 4.90. The average Bonchev–Trinajstić information content (AvgIpc) is 3.45. The standard InChI is InChI=1S/C35H38F3N5O6/c1-5-14-42(4)35(47)49-29(10-6-7-11-32(45)41(2)3)28(44)16-22-9-8-15-43(34(22)46)20-31-39-27-18-25(37)19-30(33(27)40-31)48-21-23-12-13-24(36)17-26(23)38/h7-9,11-13,15,17-19,29H,5-6,10,14,16,20-21H2,1-4H3,(H,39,40)/b11-7+/t29-/m0/s1. The summed E-state index contributed by atoms with van der Waals surface area (Å²) >= 11 is 0. The summed E-state index contributed by atoms with van der Waals surface area (Å²) in [6.45, 7) is 1.94. The van der Waals surface area contributed by atoms with E-state index in [1.807, 2.05) is 6.92 Å². The van der Waals surface area contributed by atoms with Crippen LogP contribution < -0.4 is 10.3 Å². The third-order valence-electron chi connectivity index (χ3n) is 7.52. The second-order valence-corrected chi connectivity index (χ2v) is 11.6. The van der Waals surface area contributed by atoms with Gasteiger partial charge in [0, 0.05) is 63.6 Å². The first-order valence-electron chi connectivity index (χ1n) is 15.6. The lowest BCUT2D eigenvalue weighted by Gasteiger charge is -2.21. The normalized spacial score (nSPS) is 11.9. The summed E-state index contributed by atoms with van der Waals surface area (Å²) in [4.78, 5) is 61.6. The molecule has 260 valence electrons. The molecular weight excluding hydrogens is 643 g/mol. The Kier molecular flexibility index (Phi) is 12.4. The number of benzene rings is 2. The van der Waals surface area contributed by atoms with Gasteiger partial charge in [-0.15, -0.1) is 0 Å². The summed E-state index contributed by atoms with van der Waals surface area (Å²) in [6, 6.07) is 8.41. The molecule has 0 aliphatic rings. The van der Waals surface area contributed by atoms with Crippen molar-refractivity contribution in [2.24, 2.45) is 0 Å². The van der Waals surface area contributed by atoms with Crippen molar-refractivity contribution in [3.63, 3.8) is 0 Å². The van der Waals surface area contributed by atoms with Crippen LogP contribution in [0.4, 0.5) is 18.0 Å². The van der Waals surface area contributed by atoms with E-state index in [2.05, 4.69) is 9.97 Å². The summed E-state index contributed by atoms with van der Waals surface area (Å²) in [6.07, 6.45) is 3.38. The average molecular weight is 682 g/mol. The van der Waals surface area contributed by atoms with Gasteiger partial charge in [0.25, 0.3) is 5.56 Å². The van der Waals surface area contributed by atoms with Crippen LogP contribution in [0.1, 0.15) is 43.1 Å². The number of amides is 2. The van der Waals surface area contributed by atoms with E-state index in [0.29, 0.717) is 13.0 Å². The topological polar surface area (TPSA) is 127 Å². The quantitative estimate of drug-likeness (QED) is 0.172. The number of halogens is 3. The summed E-state index contributed by atoms with van der Waals surface area (Å²) in [5.74, 6) is -2.63. The Hall–Kier alpha value is -5.40. The number of carbonyl (C=O) groups is 3. The van der Waals surface area contributed by atoms with E-state index in [0.717, 1.165) is 18.2 Å². The molecule has 0 aliphatic heterocycles. The number of hydrogen-bond donors (Lipinski definition) is 1. The Morgan fingerprint density at radius 1 is 1.04 bits per heavy atom. The van der Waals surface area contributed by atoms with Crippen molar-refractivity contribution < 1.29 is 37.0 Å². The number of aromatic amines is 1. The van der Waals surface area contributed by atoms with Crippen LogP contribution in [0.3, 0.4) is 0 Å². The minimum absolute atomic E-state index is 0.0130. The van der Waals surface area contributed by atoms with Gasteiger partial charge in [-0.1, -0.05) is 19.1 Å². The third-order valence-corrected chi connectivity index (χ3v) is 7.52. The number of H-pyrrole nitrogens is 1. The highest BCUT2D eigenvalue weighted by molar-refractivity contribution is 5.88. The van der Waals surface area contributed by atoms with Crippen molar-refractivity contribution in [3.05, 3.63) is 106 Å². The minimum Gasteiger partial charge on any atom is -0.486 e. The maximum Gasteiger partial charge on any atom is 0.410 e. The first-order chi connectivity index (χ1) is 23.4. The lowest BCUT2D eigenvalue weighted by Crippen LogP contribution is -2.36. The molecule has 0 saturated heterocycles. The summed E-state index contributed by atoms with van der Waals surface area (Å²) in [7, 11) is 4.78. The second kappa shape index (κ2) is 16.6. The molecule has 1 N–H and O–H groups in total. The molecule has 0 spiro atoms. The maximum absolute atomic E-state index is 14.4. The number of ether oxygens (including phenoxy) is 2. The number of ketones is 1. The lowest BCUT2D eigenvalue weighted by atomic mass is 10.0. The highest BCUT2D eigenvalue weighted by atomic mass is 19.1. The van der Waals surface area contributed by atoms with Crippen molar-refractivity contribution in [3.8, 4) is 5.75 Å². The van der Waals surface area contributed by atoms with Crippen LogP contribution in [0.5, 0.6) is 5.75 Å². The zero-order valence-electron chi connectivity index (χ0n) is 27.7. The van der Waals surface area contributed by atoms with Crippen LogP contribution in [0, 0.1) is 17.5 Å². The molecule has 0 aliphatic carbocycles. The number of fused-ring (bicyclic) bond motifs is 1. The first-order valence-corrected chi connectivity index (χ1v) is 15.6. The predicted molar refractivity (Wildman–Crippen MR) is 176 cm³/mol. The van der Waals surface area contributed by atoms with Crippen LogP contribution in [-0.4, -0.2) is 75.9 Å². The summed E-state index contributed by atoms with van der Waals surface area (Å²) in [5, 5.41) is 0. The van der Waals surface area contributed by atoms with Gasteiger partial charge in [0.1, 0.15) is 35.4 Å². The van der Waals surface area contributed by atoms with Gasteiger partial charge in [-0.2, -0.15) is 0 Å². The third kappa shape index (κ3) is 9.81. The number of hydrogen-bond acceptors (Lipinski definition) is 7. The van der Waals surface area contributed by atoms with Gasteiger partial charge < -0.3 is 28.8 Å². The summed E-state index contributed by atoms with van der Waals surface area (Å²) < 4.78 is 54.3. The fourth-order valence-electron chi connectivity index (χ4n) is 4.90. The van der Waals surface area contributed by atoms with Crippen LogP contribution in [0.2, 0.25) is 0 Å². The van der Waals surface area contributed by atoms with Crippen LogP contribution >= 0.6 is 0 Å². The molecule has 0 saturated carbocycles. The van der Waals surface area contributed by atoms with Gasteiger partial charge in [0.2, 0.25) is 5.91 Å². The van der Waals surface area contributed by atoms with E-state index in [1.165, 1.54) is 44.8 Å². The number of Topliss-reactive ketones (excluding diaryl/α,β-unsaturated/α-hetero) is 1. The van der Waals surface area contributed by atoms with Crippen molar-refractivity contribution in [1.29, 1.82) is 0 Å². The highest BCUT2D eigenvalue weighted by Crippen LogP contribution is 2.27. The van der Waals surface area contributed by atoms with Crippen molar-refractivity contribution in [2.45, 2.75) is 51.9 Å². The maximum atomic E-state index is 14.4. The zero-order chi connectivity index (χ0) is 35.7. The molecule has 0 bridgehead atoms. The monoisotopic (exact) mass is 681 g/mol. The van der Waals surface area contributed by atoms with E-state index in [4.69, 9.17) is 9.47 Å². The largest absolute Gasteiger partial charge is 0.486 e. The van der Waals surface area contributed by atoms with E-state index in [1.54, 1.807) is 33.3 Å². The second-order valence-electron chi connectivity index (χ2n) is 11.6. The van der Waals surface area contributed by atoms with Crippen LogP contribution in [0.25, 0.3) is 11.0 Å². The number of carbonyl (C=O) groups excluding carboxylic acids is 3. The molecule has 0 fully saturated rings. The molecule has 11 nitrogen and oxygen atoms in total. The molecule has 49 heavy (non-hydrogen) atoms. The number of nitrogens with zero attached hydrogens (tertiary/aromatic N) is 4. The van der Waals surface area contributed by atoms with E-state index in [-0.39, 0.29) is 72.1 Å². The van der Waals surface area contributed by atoms with Crippen LogP contribution in [-0.2, 0) is 33.9 Å². The lowest BCUT2D eigenvalue weighted by molar-refractivity contribution is -0.127. The molecule has 4 rings (SSSR count). The van der Waals surface area contributed by atoms with Gasteiger partial charge in [-0.05, 0) is 49.6 Å². The molecule has 4 aromatic rings. The number of allylic oxidation sites excluding steroid dienone is 1. The molecule has 0 unspecified atom stereocenters. The Morgan fingerprint density at radius 2 is 1.82 bits per heavy atom. The molecule has 2 amide bonds. The number of nitrogens with one attached hydrogen (secondary N) is 1. The van der Waals surface area contributed by atoms with Crippen molar-refractivity contribution in [1.82, 2.24) is 24.3 Å². The van der Waals surface area contributed by atoms with E-state index < -0.39 is 41.0 Å². The molecule has 2 aromatic carbocycles. The van der Waals surface area contributed by atoms with Crippen LogP contribution in [0.15, 0.2) is 65.6 Å². The smallest absolute Gasteiger partial charge is 0.410 e. The molecule has 0 radical (unpaired) electrons. The highest BCUT2D eigenvalue weighted by Gasteiger charge is 2.25. The molecular formula is C35H38F3N5O6. The SMILES string of the molecule is CCCN(C)C(=O)O[C@@H](CC/C=C/C(=O)N(C)C)C(=O)Cc1cccn(Cc2nc3c(OCc4ccc(F)cc4F)cc(F)cc3[nH]2)c1=O. The predicted octanol–water partition coefficient (Wildman–Crippen LogP) is 5.15. The Morgan fingerprint density at radius 3 is 2.53 bits per heavy atom. The van der Waals surface area contributed by atoms with Gasteiger partial charge in [0.15, 0.2) is 17.6 Å². The van der Waals surface area contributed by atoms with Crippen molar-refractivity contribution in [2.75, 3.05) is 27.7 Å². The van der Waals surface area contributed by atoms with E-state index >= 15 is 0 Å². The molecule has 2 aromatic heterocycles. The fraction of sp³-hybridized carbons (Fsp3) is 0.343. The number of imidazole rings is 1. The van der Waals surface area contributed by atoms with Gasteiger partial charge in [0.05, 0.1) is 12.1 Å². The molecule has 14 heteroatoms. The number of likely N-dealkylation sites (N-methyl/N-ethyl adjacent to an activating group) is 1. The molecule has 2 heterocycles. The van der Waals surface area contributed by atoms with Gasteiger partial charge in [-0.3, -0.25) is 14.4 Å². The van der Waals surface area contributed by atoms with Crippen molar-refractivity contribution >= 4 is 28.8 Å². The first kappa shape index (κ1) is 36.4. The number of aromatic nitrogens is 3. The molecule has 1 atom stereocenters.